The molecule has 0 saturated carbocycles. The second kappa shape index (κ2) is 9.26. The zero-order chi connectivity index (χ0) is 21.7. The number of amides is 2. The molecule has 0 radical (unpaired) electrons. The molecule has 0 unspecified atom stereocenters. The van der Waals surface area contributed by atoms with Crippen LogP contribution in [0.5, 0.6) is 0 Å². The molecular weight excluding hydrogens is 409 g/mol. The van der Waals surface area contributed by atoms with Gasteiger partial charge in [0.25, 0.3) is 0 Å². The fourth-order valence-electron chi connectivity index (χ4n) is 3.27. The summed E-state index contributed by atoms with van der Waals surface area (Å²) < 4.78 is 13.1. The summed E-state index contributed by atoms with van der Waals surface area (Å²) in [6, 6.07) is 12.8. The number of oxime groups is 1. The average molecular weight is 432 g/mol. The summed E-state index contributed by atoms with van der Waals surface area (Å²) >= 11 is 5.93. The van der Waals surface area contributed by atoms with E-state index in [1.165, 1.54) is 18.2 Å². The average Bonchev–Trinajstić information content (AvgIpc) is 2.72. The van der Waals surface area contributed by atoms with Crippen LogP contribution in [-0.2, 0) is 27.5 Å². The first-order valence-corrected chi connectivity index (χ1v) is 9.89. The van der Waals surface area contributed by atoms with Crippen LogP contribution in [0.25, 0.3) is 0 Å². The number of nitrogens with zero attached hydrogens (tertiary/aromatic N) is 2. The summed E-state index contributed by atoms with van der Waals surface area (Å²) in [6.45, 7) is 4.25. The minimum atomic E-state index is -0.647. The van der Waals surface area contributed by atoms with Crippen LogP contribution in [0.1, 0.15) is 25.0 Å². The van der Waals surface area contributed by atoms with Gasteiger partial charge in [-0.15, -0.1) is 0 Å². The Morgan fingerprint density at radius 2 is 2.07 bits per heavy atom. The Morgan fingerprint density at radius 1 is 1.33 bits per heavy atom. The summed E-state index contributed by atoms with van der Waals surface area (Å²) in [5.74, 6) is -0.847. The predicted octanol–water partition coefficient (Wildman–Crippen LogP) is 3.53. The molecule has 158 valence electrons. The minimum absolute atomic E-state index is 0.0255. The van der Waals surface area contributed by atoms with Crippen LogP contribution in [-0.4, -0.2) is 35.6 Å². The van der Waals surface area contributed by atoms with Crippen molar-refractivity contribution in [2.45, 2.75) is 32.9 Å². The molecule has 3 rings (SSSR count). The van der Waals surface area contributed by atoms with Crippen LogP contribution in [0, 0.1) is 11.2 Å². The number of carbonyl (C=O) groups excluding carboxylic acids is 2. The van der Waals surface area contributed by atoms with Crippen molar-refractivity contribution in [3.63, 3.8) is 0 Å². The van der Waals surface area contributed by atoms with Crippen molar-refractivity contribution in [3.05, 3.63) is 70.5 Å². The first kappa shape index (κ1) is 21.8. The lowest BCUT2D eigenvalue weighted by atomic mass is 9.81. The highest BCUT2D eigenvalue weighted by molar-refractivity contribution is 6.31. The largest absolute Gasteiger partial charge is 0.390 e. The standard InChI is InChI=1S/C22H23ClFN3O3/c1-22(2)13-27(21(22)29)19(10-15-6-4-3-5-7-15)20(28)25-14-26-30-12-16-8-9-17(24)11-18(16)23/h3-9,11,14,19H,10,12-13H2,1-2H3,(H,25,26,28)/t19-/m0/s1. The van der Waals surface area contributed by atoms with Gasteiger partial charge in [-0.1, -0.05) is 53.2 Å². The van der Waals surface area contributed by atoms with Crippen LogP contribution >= 0.6 is 11.6 Å². The van der Waals surface area contributed by atoms with Gasteiger partial charge in [0.05, 0.1) is 10.4 Å². The van der Waals surface area contributed by atoms with Gasteiger partial charge >= 0.3 is 0 Å². The van der Waals surface area contributed by atoms with Gasteiger partial charge < -0.3 is 15.1 Å². The monoisotopic (exact) mass is 431 g/mol. The van der Waals surface area contributed by atoms with E-state index in [2.05, 4.69) is 10.5 Å². The minimum Gasteiger partial charge on any atom is -0.390 e. The van der Waals surface area contributed by atoms with Crippen LogP contribution in [0.3, 0.4) is 0 Å². The number of nitrogens with one attached hydrogen (secondary N) is 1. The van der Waals surface area contributed by atoms with Crippen molar-refractivity contribution in [1.29, 1.82) is 0 Å². The number of rotatable bonds is 8. The Hall–Kier alpha value is -2.93. The first-order chi connectivity index (χ1) is 14.3. The highest BCUT2D eigenvalue weighted by Crippen LogP contribution is 2.33. The molecule has 6 nitrogen and oxygen atoms in total. The quantitative estimate of drug-likeness (QED) is 0.301. The maximum Gasteiger partial charge on any atom is 0.248 e. The molecular formula is C22H23ClFN3O3. The van der Waals surface area contributed by atoms with Gasteiger partial charge in [-0.05, 0) is 31.5 Å². The number of carbonyl (C=O) groups is 2. The molecule has 0 spiro atoms. The lowest BCUT2D eigenvalue weighted by molar-refractivity contribution is -0.163. The smallest absolute Gasteiger partial charge is 0.248 e. The number of halogens is 2. The van der Waals surface area contributed by atoms with Crippen molar-refractivity contribution < 1.29 is 18.8 Å². The summed E-state index contributed by atoms with van der Waals surface area (Å²) in [7, 11) is 0. The highest BCUT2D eigenvalue weighted by atomic mass is 35.5. The van der Waals surface area contributed by atoms with E-state index < -0.39 is 17.3 Å². The molecule has 2 aromatic rings. The third-order valence-corrected chi connectivity index (χ3v) is 5.28. The van der Waals surface area contributed by atoms with E-state index >= 15 is 0 Å². The molecule has 1 fully saturated rings. The molecule has 2 amide bonds. The molecule has 0 aromatic heterocycles. The van der Waals surface area contributed by atoms with E-state index in [9.17, 15) is 14.0 Å². The molecule has 0 bridgehead atoms. The van der Waals surface area contributed by atoms with Gasteiger partial charge in [-0.3, -0.25) is 9.59 Å². The summed E-state index contributed by atoms with van der Waals surface area (Å²) in [4.78, 5) is 31.9. The van der Waals surface area contributed by atoms with Crippen molar-refractivity contribution in [1.82, 2.24) is 10.2 Å². The number of hydrogen-bond acceptors (Lipinski definition) is 4. The van der Waals surface area contributed by atoms with E-state index in [0.717, 1.165) is 11.9 Å². The van der Waals surface area contributed by atoms with Crippen molar-refractivity contribution >= 4 is 29.8 Å². The number of hydrogen-bond donors (Lipinski definition) is 1. The number of benzene rings is 2. The van der Waals surface area contributed by atoms with Crippen molar-refractivity contribution in [2.75, 3.05) is 6.54 Å². The fourth-order valence-corrected chi connectivity index (χ4v) is 3.49. The second-order valence-electron chi connectivity index (χ2n) is 7.77. The van der Waals surface area contributed by atoms with Gasteiger partial charge in [0.1, 0.15) is 24.8 Å². The van der Waals surface area contributed by atoms with Crippen molar-refractivity contribution in [2.24, 2.45) is 10.6 Å². The summed E-state index contributed by atoms with van der Waals surface area (Å²) in [5.41, 5.74) is 1.06. The Labute approximate surface area is 179 Å². The van der Waals surface area contributed by atoms with E-state index in [0.29, 0.717) is 18.5 Å². The SMILES string of the molecule is CC1(C)CN([C@@H](Cc2ccccc2)C(=O)N/C=N\OCc2ccc(F)cc2Cl)C1=O. The van der Waals surface area contributed by atoms with Gasteiger partial charge in [-0.25, -0.2) is 4.39 Å². The normalized spacial score (nSPS) is 16.3. The lowest BCUT2D eigenvalue weighted by Gasteiger charge is -2.48. The molecule has 1 atom stereocenters. The maximum atomic E-state index is 13.1. The Bertz CT molecular complexity index is 950. The maximum absolute atomic E-state index is 13.1. The summed E-state index contributed by atoms with van der Waals surface area (Å²) in [5, 5.41) is 6.50. The lowest BCUT2D eigenvalue weighted by Crippen LogP contribution is -2.65. The van der Waals surface area contributed by atoms with Crippen LogP contribution < -0.4 is 5.32 Å². The van der Waals surface area contributed by atoms with Gasteiger partial charge in [0.2, 0.25) is 11.8 Å². The molecule has 1 N–H and O–H groups in total. The molecule has 30 heavy (non-hydrogen) atoms. The molecule has 1 saturated heterocycles. The second-order valence-corrected chi connectivity index (χ2v) is 8.18. The zero-order valence-corrected chi connectivity index (χ0v) is 17.5. The van der Waals surface area contributed by atoms with Gasteiger partial charge in [0.15, 0.2) is 0 Å². The molecule has 0 aliphatic carbocycles. The zero-order valence-electron chi connectivity index (χ0n) is 16.8. The molecule has 1 aliphatic rings. The Balaban J connectivity index is 1.58. The third kappa shape index (κ3) is 5.16. The molecule has 8 heteroatoms. The van der Waals surface area contributed by atoms with Crippen LogP contribution in [0.2, 0.25) is 5.02 Å². The summed E-state index contributed by atoms with van der Waals surface area (Å²) in [6.07, 6.45) is 1.53. The van der Waals surface area contributed by atoms with Crippen molar-refractivity contribution in [3.8, 4) is 0 Å². The number of likely N-dealkylation sites (tertiary alicyclic amines) is 1. The van der Waals surface area contributed by atoms with Crippen LogP contribution in [0.15, 0.2) is 53.7 Å². The van der Waals surface area contributed by atoms with E-state index in [1.807, 2.05) is 44.2 Å². The molecule has 1 aliphatic heterocycles. The fraction of sp³-hybridized carbons (Fsp3) is 0.318. The third-order valence-electron chi connectivity index (χ3n) is 4.93. The highest BCUT2D eigenvalue weighted by Gasteiger charge is 2.48. The van der Waals surface area contributed by atoms with Gasteiger partial charge in [0, 0.05) is 18.5 Å². The first-order valence-electron chi connectivity index (χ1n) is 9.51. The van der Waals surface area contributed by atoms with E-state index in [4.69, 9.17) is 16.4 Å². The Morgan fingerprint density at radius 3 is 2.70 bits per heavy atom. The van der Waals surface area contributed by atoms with E-state index in [1.54, 1.807) is 4.90 Å². The predicted molar refractivity (Wildman–Crippen MR) is 112 cm³/mol. The molecule has 2 aromatic carbocycles. The van der Waals surface area contributed by atoms with E-state index in [-0.39, 0.29) is 23.4 Å². The van der Waals surface area contributed by atoms with Crippen LogP contribution in [0.4, 0.5) is 4.39 Å². The number of β-lactam (4-membered cyclic amide) rings is 1. The van der Waals surface area contributed by atoms with Gasteiger partial charge in [-0.2, -0.15) is 0 Å². The topological polar surface area (TPSA) is 71.0 Å². The molecule has 1 heterocycles. The Kier molecular flexibility index (Phi) is 6.72.